The van der Waals surface area contributed by atoms with E-state index in [1.165, 1.54) is 7.11 Å². The summed E-state index contributed by atoms with van der Waals surface area (Å²) >= 11 is 0. The zero-order valence-corrected chi connectivity index (χ0v) is 10.5. The smallest absolute Gasteiger partial charge is 0.339 e. The van der Waals surface area contributed by atoms with Crippen molar-refractivity contribution in [1.29, 1.82) is 0 Å². The predicted octanol–water partition coefficient (Wildman–Crippen LogP) is -0.521. The van der Waals surface area contributed by atoms with Gasteiger partial charge in [0.25, 0.3) is 0 Å². The molecule has 5 N–H and O–H groups in total. The number of rotatable bonds is 6. The highest BCUT2D eigenvalue weighted by Crippen LogP contribution is 2.13. The highest BCUT2D eigenvalue weighted by Gasteiger charge is 2.42. The number of nitrogens with two attached hydrogens (primary N) is 2. The number of methoxy groups -OCH3 is 1. The molecule has 7 heteroatoms. The summed E-state index contributed by atoms with van der Waals surface area (Å²) in [5.74, 6) is -1.93. The molecule has 0 radical (unpaired) electrons. The minimum absolute atomic E-state index is 0.0882. The van der Waals surface area contributed by atoms with Crippen LogP contribution in [0, 0.1) is 0 Å². The first kappa shape index (κ1) is 14.9. The predicted molar refractivity (Wildman–Crippen MR) is 66.4 cm³/mol. The van der Waals surface area contributed by atoms with Gasteiger partial charge in [-0.05, 0) is 17.7 Å². The minimum Gasteiger partial charge on any atom is -0.497 e. The number of aliphatic carboxylic acids is 1. The molecule has 0 aliphatic rings. The van der Waals surface area contributed by atoms with Crippen LogP contribution in [0.25, 0.3) is 0 Å². The van der Waals surface area contributed by atoms with Crippen molar-refractivity contribution >= 4 is 11.9 Å². The Hall–Kier alpha value is -2.12. The fraction of sp³-hybridized carbons (Fsp3) is 0.333. The van der Waals surface area contributed by atoms with E-state index in [9.17, 15) is 9.59 Å². The van der Waals surface area contributed by atoms with Gasteiger partial charge in [-0.25, -0.2) is 9.59 Å². The topological polar surface area (TPSA) is 125 Å². The Balaban J connectivity index is 2.65. The number of carboxylic acid groups (broad SMARTS) is 1. The first-order chi connectivity index (χ1) is 8.93. The maximum atomic E-state index is 11.6. The molecule has 0 aliphatic heterocycles. The van der Waals surface area contributed by atoms with Crippen LogP contribution < -0.4 is 16.2 Å². The van der Waals surface area contributed by atoms with Crippen LogP contribution >= 0.6 is 0 Å². The van der Waals surface area contributed by atoms with Crippen molar-refractivity contribution in [2.75, 3.05) is 13.7 Å². The van der Waals surface area contributed by atoms with Gasteiger partial charge in [-0.15, -0.1) is 0 Å². The van der Waals surface area contributed by atoms with E-state index in [0.717, 1.165) is 0 Å². The lowest BCUT2D eigenvalue weighted by molar-refractivity contribution is -0.161. The molecular formula is C12H16N2O5. The Labute approximate surface area is 110 Å². The SMILES string of the molecule is COc1ccc(COC(=O)C(N)(CN)C(=O)O)cc1. The maximum Gasteiger partial charge on any atom is 0.339 e. The van der Waals surface area contributed by atoms with Crippen LogP contribution in [0.4, 0.5) is 0 Å². The van der Waals surface area contributed by atoms with Crippen LogP contribution in [-0.4, -0.2) is 36.2 Å². The minimum atomic E-state index is -2.22. The van der Waals surface area contributed by atoms with Crippen molar-refractivity contribution < 1.29 is 24.2 Å². The van der Waals surface area contributed by atoms with Gasteiger partial charge in [0.1, 0.15) is 12.4 Å². The van der Waals surface area contributed by atoms with Gasteiger partial charge in [0.2, 0.25) is 5.54 Å². The standard InChI is InChI=1S/C12H16N2O5/c1-18-9-4-2-8(3-5-9)6-19-11(17)12(14,7-13)10(15)16/h2-5H,6-7,13-14H2,1H3,(H,15,16). The van der Waals surface area contributed by atoms with Crippen LogP contribution in [0.3, 0.4) is 0 Å². The Kier molecular flexibility index (Phi) is 4.85. The third kappa shape index (κ3) is 3.43. The molecule has 104 valence electrons. The third-order valence-electron chi connectivity index (χ3n) is 2.60. The van der Waals surface area contributed by atoms with E-state index in [1.807, 2.05) is 0 Å². The van der Waals surface area contributed by atoms with Crippen LogP contribution in [0.5, 0.6) is 5.75 Å². The lowest BCUT2D eigenvalue weighted by Gasteiger charge is -2.20. The zero-order valence-electron chi connectivity index (χ0n) is 10.5. The van der Waals surface area contributed by atoms with Gasteiger partial charge in [-0.3, -0.25) is 0 Å². The van der Waals surface area contributed by atoms with Gasteiger partial charge < -0.3 is 26.0 Å². The highest BCUT2D eigenvalue weighted by molar-refractivity contribution is 6.04. The van der Waals surface area contributed by atoms with E-state index in [0.29, 0.717) is 11.3 Å². The zero-order chi connectivity index (χ0) is 14.5. The molecule has 1 rings (SSSR count). The van der Waals surface area contributed by atoms with Crippen molar-refractivity contribution in [3.63, 3.8) is 0 Å². The molecule has 19 heavy (non-hydrogen) atoms. The summed E-state index contributed by atoms with van der Waals surface area (Å²) in [6.07, 6.45) is 0. The lowest BCUT2D eigenvalue weighted by Crippen LogP contribution is -2.60. The summed E-state index contributed by atoms with van der Waals surface area (Å²) in [5.41, 5.74) is 9.03. The van der Waals surface area contributed by atoms with Gasteiger partial charge in [-0.2, -0.15) is 0 Å². The summed E-state index contributed by atoms with van der Waals surface area (Å²) in [7, 11) is 1.53. The fourth-order valence-corrected chi connectivity index (χ4v) is 1.26. The number of benzene rings is 1. The number of carboxylic acids is 1. The van der Waals surface area contributed by atoms with Crippen molar-refractivity contribution in [2.45, 2.75) is 12.1 Å². The van der Waals surface area contributed by atoms with Gasteiger partial charge in [-0.1, -0.05) is 12.1 Å². The van der Waals surface area contributed by atoms with Gasteiger partial charge in [0.05, 0.1) is 7.11 Å². The van der Waals surface area contributed by atoms with Crippen molar-refractivity contribution in [2.24, 2.45) is 11.5 Å². The summed E-state index contributed by atoms with van der Waals surface area (Å²) in [6.45, 7) is -0.626. The van der Waals surface area contributed by atoms with Gasteiger partial charge in [0, 0.05) is 6.54 Å². The normalized spacial score (nSPS) is 13.4. The molecule has 0 saturated heterocycles. The monoisotopic (exact) mass is 268 g/mol. The number of ether oxygens (including phenoxy) is 2. The highest BCUT2D eigenvalue weighted by atomic mass is 16.5. The molecule has 1 unspecified atom stereocenters. The lowest BCUT2D eigenvalue weighted by atomic mass is 10.0. The second kappa shape index (κ2) is 6.17. The molecule has 0 fully saturated rings. The van der Waals surface area contributed by atoms with Crippen LogP contribution in [0.2, 0.25) is 0 Å². The molecule has 7 nitrogen and oxygen atoms in total. The molecule has 0 spiro atoms. The summed E-state index contributed by atoms with van der Waals surface area (Å²) in [4.78, 5) is 22.5. The molecule has 0 amide bonds. The molecule has 1 aromatic rings. The van der Waals surface area contributed by atoms with E-state index in [2.05, 4.69) is 0 Å². The van der Waals surface area contributed by atoms with E-state index in [4.69, 9.17) is 26.0 Å². The molecule has 0 aromatic heterocycles. The Morgan fingerprint density at radius 1 is 1.32 bits per heavy atom. The van der Waals surface area contributed by atoms with Crippen LogP contribution in [-0.2, 0) is 20.9 Å². The summed E-state index contributed by atoms with van der Waals surface area (Å²) in [5, 5.41) is 8.85. The molecular weight excluding hydrogens is 252 g/mol. The van der Waals surface area contributed by atoms with Crippen molar-refractivity contribution in [3.8, 4) is 5.75 Å². The molecule has 0 heterocycles. The quantitative estimate of drug-likeness (QED) is 0.468. The molecule has 0 bridgehead atoms. The number of carbonyl (C=O) groups excluding carboxylic acids is 1. The number of carbonyl (C=O) groups is 2. The fourth-order valence-electron chi connectivity index (χ4n) is 1.26. The van der Waals surface area contributed by atoms with Gasteiger partial charge in [0.15, 0.2) is 0 Å². The molecule has 0 saturated carbocycles. The second-order valence-corrected chi connectivity index (χ2v) is 3.90. The van der Waals surface area contributed by atoms with E-state index in [-0.39, 0.29) is 6.61 Å². The first-order valence-electron chi connectivity index (χ1n) is 5.46. The Morgan fingerprint density at radius 2 is 1.89 bits per heavy atom. The van der Waals surface area contributed by atoms with E-state index in [1.54, 1.807) is 24.3 Å². The molecule has 1 aromatic carbocycles. The maximum absolute atomic E-state index is 11.6. The average Bonchev–Trinajstić information content (AvgIpc) is 2.44. The summed E-state index contributed by atoms with van der Waals surface area (Å²) in [6, 6.07) is 6.76. The van der Waals surface area contributed by atoms with E-state index >= 15 is 0 Å². The largest absolute Gasteiger partial charge is 0.497 e. The molecule has 0 aliphatic carbocycles. The Morgan fingerprint density at radius 3 is 2.32 bits per heavy atom. The number of esters is 1. The first-order valence-corrected chi connectivity index (χ1v) is 5.46. The molecule has 1 atom stereocenters. The number of hydrogen-bond donors (Lipinski definition) is 3. The second-order valence-electron chi connectivity index (χ2n) is 3.90. The van der Waals surface area contributed by atoms with Crippen molar-refractivity contribution in [1.82, 2.24) is 0 Å². The average molecular weight is 268 g/mol. The van der Waals surface area contributed by atoms with E-state index < -0.39 is 24.0 Å². The Bertz CT molecular complexity index is 460. The number of hydrogen-bond acceptors (Lipinski definition) is 6. The van der Waals surface area contributed by atoms with Gasteiger partial charge >= 0.3 is 11.9 Å². The third-order valence-corrected chi connectivity index (χ3v) is 2.60. The van der Waals surface area contributed by atoms with Crippen LogP contribution in [0.15, 0.2) is 24.3 Å². The van der Waals surface area contributed by atoms with Crippen LogP contribution in [0.1, 0.15) is 5.56 Å². The summed E-state index contributed by atoms with van der Waals surface area (Å²) < 4.78 is 9.83. The van der Waals surface area contributed by atoms with Crippen molar-refractivity contribution in [3.05, 3.63) is 29.8 Å².